The molecule has 16 heavy (non-hydrogen) atoms. The van der Waals surface area contributed by atoms with E-state index in [0.717, 1.165) is 29.5 Å². The van der Waals surface area contributed by atoms with Crippen molar-refractivity contribution < 1.29 is 9.53 Å². The molecular formula is C13H15BrO2. The van der Waals surface area contributed by atoms with Crippen molar-refractivity contribution in [1.82, 2.24) is 0 Å². The highest BCUT2D eigenvalue weighted by molar-refractivity contribution is 9.10. The smallest absolute Gasteiger partial charge is 0.142 e. The van der Waals surface area contributed by atoms with Gasteiger partial charge in [-0.1, -0.05) is 34.1 Å². The molecule has 1 aliphatic rings. The highest BCUT2D eigenvalue weighted by atomic mass is 79.9. The summed E-state index contributed by atoms with van der Waals surface area (Å²) in [4.78, 5) is 12.0. The van der Waals surface area contributed by atoms with E-state index in [2.05, 4.69) is 15.9 Å². The number of ether oxygens (including phenoxy) is 1. The topological polar surface area (TPSA) is 26.3 Å². The third-order valence-electron chi connectivity index (χ3n) is 2.94. The van der Waals surface area contributed by atoms with Gasteiger partial charge in [0.05, 0.1) is 6.61 Å². The average molecular weight is 283 g/mol. The van der Waals surface area contributed by atoms with Crippen LogP contribution in [0.4, 0.5) is 0 Å². The first kappa shape index (κ1) is 11.8. The molecule has 2 nitrogen and oxygen atoms in total. The van der Waals surface area contributed by atoms with Gasteiger partial charge in [0.25, 0.3) is 0 Å². The second-order valence-corrected chi connectivity index (χ2v) is 5.00. The van der Waals surface area contributed by atoms with Gasteiger partial charge in [0, 0.05) is 23.4 Å². The van der Waals surface area contributed by atoms with Gasteiger partial charge >= 0.3 is 0 Å². The third-order valence-corrected chi connectivity index (χ3v) is 3.71. The molecule has 1 fully saturated rings. The lowest BCUT2D eigenvalue weighted by Crippen LogP contribution is -2.26. The van der Waals surface area contributed by atoms with Crippen LogP contribution in [-0.4, -0.2) is 19.0 Å². The van der Waals surface area contributed by atoms with Crippen LogP contribution in [0.25, 0.3) is 0 Å². The van der Waals surface area contributed by atoms with Crippen LogP contribution >= 0.6 is 15.9 Å². The van der Waals surface area contributed by atoms with E-state index in [-0.39, 0.29) is 5.92 Å². The number of benzene rings is 1. The summed E-state index contributed by atoms with van der Waals surface area (Å²) in [6.45, 7) is 1.40. The molecule has 0 radical (unpaired) electrons. The fourth-order valence-corrected chi connectivity index (χ4v) is 2.39. The maximum atomic E-state index is 12.0. The minimum absolute atomic E-state index is 0.0980. The van der Waals surface area contributed by atoms with Crippen molar-refractivity contribution in [3.63, 3.8) is 0 Å². The van der Waals surface area contributed by atoms with E-state index in [0.29, 0.717) is 18.8 Å². The van der Waals surface area contributed by atoms with E-state index in [1.165, 1.54) is 0 Å². The van der Waals surface area contributed by atoms with Gasteiger partial charge in [-0.05, 0) is 24.5 Å². The zero-order chi connectivity index (χ0) is 11.4. The minimum atomic E-state index is 0.0980. The molecule has 1 saturated heterocycles. The molecule has 0 spiro atoms. The molecule has 86 valence electrons. The van der Waals surface area contributed by atoms with E-state index in [1.54, 1.807) is 0 Å². The van der Waals surface area contributed by atoms with Crippen molar-refractivity contribution in [1.29, 1.82) is 0 Å². The Balaban J connectivity index is 1.99. The number of ketones is 1. The quantitative estimate of drug-likeness (QED) is 0.852. The fourth-order valence-electron chi connectivity index (χ4n) is 1.97. The number of hydrogen-bond acceptors (Lipinski definition) is 2. The highest BCUT2D eigenvalue weighted by Gasteiger charge is 2.22. The molecule has 1 unspecified atom stereocenters. The summed E-state index contributed by atoms with van der Waals surface area (Å²) in [7, 11) is 0. The van der Waals surface area contributed by atoms with E-state index < -0.39 is 0 Å². The number of carbonyl (C=O) groups excluding carboxylic acids is 1. The van der Waals surface area contributed by atoms with Crippen LogP contribution < -0.4 is 0 Å². The van der Waals surface area contributed by atoms with Crippen LogP contribution in [-0.2, 0) is 16.0 Å². The van der Waals surface area contributed by atoms with E-state index in [1.807, 2.05) is 24.3 Å². The molecule has 1 aliphatic heterocycles. The van der Waals surface area contributed by atoms with Crippen molar-refractivity contribution in [3.05, 3.63) is 34.3 Å². The Morgan fingerprint density at radius 2 is 2.25 bits per heavy atom. The molecule has 1 heterocycles. The lowest BCUT2D eigenvalue weighted by Gasteiger charge is -2.20. The Morgan fingerprint density at radius 3 is 2.94 bits per heavy atom. The number of rotatable bonds is 3. The van der Waals surface area contributed by atoms with Gasteiger partial charge in [-0.3, -0.25) is 4.79 Å². The summed E-state index contributed by atoms with van der Waals surface area (Å²) in [6.07, 6.45) is 2.49. The maximum absolute atomic E-state index is 12.0. The summed E-state index contributed by atoms with van der Waals surface area (Å²) in [6, 6.07) is 7.89. The summed E-state index contributed by atoms with van der Waals surface area (Å²) < 4.78 is 6.35. The predicted molar refractivity (Wildman–Crippen MR) is 66.4 cm³/mol. The lowest BCUT2D eigenvalue weighted by atomic mass is 9.93. The van der Waals surface area contributed by atoms with Crippen molar-refractivity contribution in [3.8, 4) is 0 Å². The predicted octanol–water partition coefficient (Wildman–Crippen LogP) is 2.99. The van der Waals surface area contributed by atoms with Gasteiger partial charge in [0.2, 0.25) is 0 Å². The van der Waals surface area contributed by atoms with Gasteiger partial charge in [-0.15, -0.1) is 0 Å². The Kier molecular flexibility index (Phi) is 4.13. The zero-order valence-electron chi connectivity index (χ0n) is 9.12. The standard InChI is InChI=1S/C13H15BrO2/c14-12-6-2-1-4-10(12)8-13(15)11-5-3-7-16-9-11/h1-2,4,6,11H,3,5,7-9H2. The molecule has 1 aromatic rings. The summed E-state index contributed by atoms with van der Waals surface area (Å²) >= 11 is 3.47. The van der Waals surface area contributed by atoms with E-state index in [4.69, 9.17) is 4.74 Å². The normalized spacial score (nSPS) is 20.7. The van der Waals surface area contributed by atoms with Crippen molar-refractivity contribution in [2.45, 2.75) is 19.3 Å². The number of hydrogen-bond donors (Lipinski definition) is 0. The largest absolute Gasteiger partial charge is 0.381 e. The summed E-state index contributed by atoms with van der Waals surface area (Å²) in [5.41, 5.74) is 1.07. The third kappa shape index (κ3) is 2.92. The summed E-state index contributed by atoms with van der Waals surface area (Å²) in [5, 5.41) is 0. The molecule has 1 atom stereocenters. The Hall–Kier alpha value is -0.670. The second-order valence-electron chi connectivity index (χ2n) is 4.15. The van der Waals surface area contributed by atoms with Crippen molar-refractivity contribution in [2.75, 3.05) is 13.2 Å². The van der Waals surface area contributed by atoms with Crippen LogP contribution in [0.3, 0.4) is 0 Å². The maximum Gasteiger partial charge on any atom is 0.142 e. The first-order valence-corrected chi connectivity index (χ1v) is 6.40. The molecule has 0 saturated carbocycles. The van der Waals surface area contributed by atoms with Crippen LogP contribution in [0.5, 0.6) is 0 Å². The molecule has 0 N–H and O–H groups in total. The molecule has 2 rings (SSSR count). The van der Waals surface area contributed by atoms with Crippen LogP contribution in [0.1, 0.15) is 18.4 Å². The summed E-state index contributed by atoms with van der Waals surface area (Å²) in [5.74, 6) is 0.396. The first-order chi connectivity index (χ1) is 7.77. The molecule has 1 aromatic carbocycles. The monoisotopic (exact) mass is 282 g/mol. The van der Waals surface area contributed by atoms with Gasteiger partial charge in [0.15, 0.2) is 0 Å². The van der Waals surface area contributed by atoms with E-state index in [9.17, 15) is 4.79 Å². The van der Waals surface area contributed by atoms with Crippen molar-refractivity contribution in [2.24, 2.45) is 5.92 Å². The number of Topliss-reactive ketones (excluding diaryl/α,β-unsaturated/α-hetero) is 1. The van der Waals surface area contributed by atoms with Gasteiger partial charge < -0.3 is 4.74 Å². The zero-order valence-corrected chi connectivity index (χ0v) is 10.7. The molecule has 0 aromatic heterocycles. The van der Waals surface area contributed by atoms with Gasteiger partial charge in [0.1, 0.15) is 5.78 Å². The van der Waals surface area contributed by atoms with Crippen LogP contribution in [0.2, 0.25) is 0 Å². The van der Waals surface area contributed by atoms with E-state index >= 15 is 0 Å². The SMILES string of the molecule is O=C(Cc1ccccc1Br)C1CCCOC1. The second kappa shape index (κ2) is 5.60. The minimum Gasteiger partial charge on any atom is -0.381 e. The lowest BCUT2D eigenvalue weighted by molar-refractivity contribution is -0.126. The molecule has 0 amide bonds. The van der Waals surface area contributed by atoms with Crippen LogP contribution in [0, 0.1) is 5.92 Å². The fraction of sp³-hybridized carbons (Fsp3) is 0.462. The molecule has 0 aliphatic carbocycles. The van der Waals surface area contributed by atoms with Crippen molar-refractivity contribution >= 4 is 21.7 Å². The number of halogens is 1. The highest BCUT2D eigenvalue weighted by Crippen LogP contribution is 2.21. The Labute approximate surface area is 104 Å². The van der Waals surface area contributed by atoms with Gasteiger partial charge in [-0.25, -0.2) is 0 Å². The van der Waals surface area contributed by atoms with Crippen LogP contribution in [0.15, 0.2) is 28.7 Å². The first-order valence-electron chi connectivity index (χ1n) is 5.61. The Morgan fingerprint density at radius 1 is 1.44 bits per heavy atom. The molecular weight excluding hydrogens is 268 g/mol. The van der Waals surface area contributed by atoms with Gasteiger partial charge in [-0.2, -0.15) is 0 Å². The Bertz CT molecular complexity index is 370. The number of carbonyl (C=O) groups is 1. The molecule has 3 heteroatoms. The average Bonchev–Trinajstić information content (AvgIpc) is 2.33. The molecule has 0 bridgehead atoms.